The van der Waals surface area contributed by atoms with Gasteiger partial charge in [0, 0.05) is 36.8 Å². The number of benzene rings is 3. The Hall–Kier alpha value is -4.28. The van der Waals surface area contributed by atoms with E-state index >= 15 is 0 Å². The molecule has 1 saturated heterocycles. The summed E-state index contributed by atoms with van der Waals surface area (Å²) in [5.41, 5.74) is 4.10. The minimum Gasteiger partial charge on any atom is -0.493 e. The second kappa shape index (κ2) is 13.9. The molecular formula is C31H34FN5O4. The van der Waals surface area contributed by atoms with Crippen molar-refractivity contribution in [3.8, 4) is 11.5 Å². The largest absolute Gasteiger partial charge is 0.493 e. The minimum atomic E-state index is -0.277. The number of nitrogens with zero attached hydrogens (tertiary/aromatic N) is 4. The van der Waals surface area contributed by atoms with Gasteiger partial charge in [0.15, 0.2) is 11.5 Å². The SMILES string of the molecule is COc1cc2c(Nc3ccc(/C(C)=N\OCc4ccc(F)cc4)cc3)ncnc2cc1OCCCN1CCOCC1. The first-order chi connectivity index (χ1) is 20.1. The summed E-state index contributed by atoms with van der Waals surface area (Å²) >= 11 is 0. The Kier molecular flexibility index (Phi) is 9.56. The molecule has 0 radical (unpaired) electrons. The summed E-state index contributed by atoms with van der Waals surface area (Å²) in [6.07, 6.45) is 2.45. The fourth-order valence-corrected chi connectivity index (χ4v) is 4.50. The van der Waals surface area contributed by atoms with Crippen LogP contribution in [0.15, 0.2) is 72.1 Å². The number of methoxy groups -OCH3 is 1. The Balaban J connectivity index is 1.21. The third-order valence-corrected chi connectivity index (χ3v) is 6.81. The fourth-order valence-electron chi connectivity index (χ4n) is 4.50. The summed E-state index contributed by atoms with van der Waals surface area (Å²) in [6, 6.07) is 17.8. The summed E-state index contributed by atoms with van der Waals surface area (Å²) in [5.74, 6) is 1.67. The molecule has 0 saturated carbocycles. The molecule has 4 aromatic rings. The summed E-state index contributed by atoms with van der Waals surface area (Å²) in [5, 5.41) is 8.39. The van der Waals surface area contributed by atoms with E-state index in [0.29, 0.717) is 23.9 Å². The smallest absolute Gasteiger partial charge is 0.163 e. The second-order valence-corrected chi connectivity index (χ2v) is 9.68. The van der Waals surface area contributed by atoms with Crippen LogP contribution in [0.1, 0.15) is 24.5 Å². The van der Waals surface area contributed by atoms with Crippen molar-refractivity contribution in [2.75, 3.05) is 51.9 Å². The molecular weight excluding hydrogens is 525 g/mol. The monoisotopic (exact) mass is 559 g/mol. The van der Waals surface area contributed by atoms with Gasteiger partial charge in [-0.15, -0.1) is 0 Å². The Morgan fingerprint density at radius 2 is 1.80 bits per heavy atom. The summed E-state index contributed by atoms with van der Waals surface area (Å²) in [6.45, 7) is 7.22. The van der Waals surface area contributed by atoms with Crippen molar-refractivity contribution < 1.29 is 23.4 Å². The number of oxime groups is 1. The quantitative estimate of drug-likeness (QED) is 0.137. The molecule has 0 amide bonds. The van der Waals surface area contributed by atoms with E-state index in [2.05, 4.69) is 25.3 Å². The van der Waals surface area contributed by atoms with Crippen LogP contribution < -0.4 is 14.8 Å². The highest BCUT2D eigenvalue weighted by atomic mass is 19.1. The lowest BCUT2D eigenvalue weighted by atomic mass is 10.1. The number of rotatable bonds is 12. The van der Waals surface area contributed by atoms with Gasteiger partial charge >= 0.3 is 0 Å². The Morgan fingerprint density at radius 3 is 2.56 bits per heavy atom. The molecule has 1 N–H and O–H groups in total. The van der Waals surface area contributed by atoms with Gasteiger partial charge in [-0.3, -0.25) is 4.90 Å². The zero-order valence-corrected chi connectivity index (χ0v) is 23.3. The molecule has 41 heavy (non-hydrogen) atoms. The zero-order chi connectivity index (χ0) is 28.4. The molecule has 0 unspecified atom stereocenters. The normalized spacial score (nSPS) is 14.2. The summed E-state index contributed by atoms with van der Waals surface area (Å²) in [4.78, 5) is 16.8. The van der Waals surface area contributed by atoms with Crippen molar-refractivity contribution in [1.82, 2.24) is 14.9 Å². The van der Waals surface area contributed by atoms with Crippen molar-refractivity contribution >= 4 is 28.1 Å². The average molecular weight is 560 g/mol. The van der Waals surface area contributed by atoms with Gasteiger partial charge in [0.05, 0.1) is 38.2 Å². The number of anilines is 2. The van der Waals surface area contributed by atoms with Crippen LogP contribution in [0.25, 0.3) is 10.9 Å². The third kappa shape index (κ3) is 7.68. The van der Waals surface area contributed by atoms with Crippen LogP contribution >= 0.6 is 0 Å². The van der Waals surface area contributed by atoms with Crippen LogP contribution in [-0.4, -0.2) is 67.1 Å². The molecule has 1 aromatic heterocycles. The van der Waals surface area contributed by atoms with E-state index in [1.165, 1.54) is 18.5 Å². The molecule has 9 nitrogen and oxygen atoms in total. The molecule has 0 aliphatic carbocycles. The van der Waals surface area contributed by atoms with Crippen LogP contribution in [0.5, 0.6) is 11.5 Å². The van der Waals surface area contributed by atoms with Crippen molar-refractivity contribution in [3.63, 3.8) is 0 Å². The van der Waals surface area contributed by atoms with Gasteiger partial charge in [-0.2, -0.15) is 0 Å². The molecule has 5 rings (SSSR count). The van der Waals surface area contributed by atoms with Gasteiger partial charge in [0.2, 0.25) is 0 Å². The van der Waals surface area contributed by atoms with Crippen molar-refractivity contribution in [2.24, 2.45) is 5.16 Å². The lowest BCUT2D eigenvalue weighted by Crippen LogP contribution is -2.37. The minimum absolute atomic E-state index is 0.267. The maximum atomic E-state index is 13.1. The number of halogens is 1. The average Bonchev–Trinajstić information content (AvgIpc) is 3.01. The fraction of sp³-hybridized carbons (Fsp3) is 0.323. The Bertz CT molecular complexity index is 1460. The van der Waals surface area contributed by atoms with Gasteiger partial charge in [-0.05, 0) is 54.8 Å². The number of fused-ring (bicyclic) bond motifs is 1. The van der Waals surface area contributed by atoms with Crippen LogP contribution in [-0.2, 0) is 16.2 Å². The van der Waals surface area contributed by atoms with Gasteiger partial charge in [0.25, 0.3) is 0 Å². The van der Waals surface area contributed by atoms with Crippen molar-refractivity contribution in [2.45, 2.75) is 20.0 Å². The molecule has 3 aromatic carbocycles. The maximum absolute atomic E-state index is 13.1. The van der Waals surface area contributed by atoms with E-state index in [1.807, 2.05) is 43.3 Å². The van der Waals surface area contributed by atoms with Gasteiger partial charge in [-0.25, -0.2) is 14.4 Å². The molecule has 1 aliphatic heterocycles. The molecule has 10 heteroatoms. The van der Waals surface area contributed by atoms with E-state index in [-0.39, 0.29) is 12.4 Å². The topological polar surface area (TPSA) is 90.3 Å². The van der Waals surface area contributed by atoms with Crippen molar-refractivity contribution in [1.29, 1.82) is 0 Å². The number of ether oxygens (including phenoxy) is 3. The third-order valence-electron chi connectivity index (χ3n) is 6.81. The standard InChI is InChI=1S/C31H34FN5O4/c1-22(36-41-20-23-4-8-25(32)9-5-23)24-6-10-26(11-7-24)35-31-27-18-29(38-2)30(19-28(27)33-21-34-31)40-15-3-12-37-13-16-39-17-14-37/h4-11,18-19,21H,3,12-17,20H2,1-2H3,(H,33,34,35)/b36-22-. The predicted molar refractivity (Wildman–Crippen MR) is 157 cm³/mol. The van der Waals surface area contributed by atoms with E-state index in [1.54, 1.807) is 19.2 Å². The molecule has 0 bridgehead atoms. The highest BCUT2D eigenvalue weighted by Crippen LogP contribution is 2.35. The number of hydrogen-bond donors (Lipinski definition) is 1. The molecule has 1 aliphatic rings. The Morgan fingerprint density at radius 1 is 1.02 bits per heavy atom. The lowest BCUT2D eigenvalue weighted by molar-refractivity contribution is 0.0357. The second-order valence-electron chi connectivity index (χ2n) is 9.68. The maximum Gasteiger partial charge on any atom is 0.163 e. The van der Waals surface area contributed by atoms with Crippen LogP contribution in [0, 0.1) is 5.82 Å². The molecule has 1 fully saturated rings. The Labute approximate surface area is 238 Å². The molecule has 0 atom stereocenters. The molecule has 2 heterocycles. The summed E-state index contributed by atoms with van der Waals surface area (Å²) < 4.78 is 30.2. The van der Waals surface area contributed by atoms with Crippen LogP contribution in [0.3, 0.4) is 0 Å². The van der Waals surface area contributed by atoms with E-state index < -0.39 is 0 Å². The van der Waals surface area contributed by atoms with Gasteiger partial charge < -0.3 is 24.4 Å². The van der Waals surface area contributed by atoms with Gasteiger partial charge in [-0.1, -0.05) is 29.4 Å². The first kappa shape index (κ1) is 28.3. The first-order valence-corrected chi connectivity index (χ1v) is 13.6. The first-order valence-electron chi connectivity index (χ1n) is 13.6. The highest BCUT2D eigenvalue weighted by Gasteiger charge is 2.13. The predicted octanol–water partition coefficient (Wildman–Crippen LogP) is 5.56. The van der Waals surface area contributed by atoms with Crippen molar-refractivity contribution in [3.05, 3.63) is 83.9 Å². The number of nitrogens with one attached hydrogen (secondary N) is 1. The molecule has 214 valence electrons. The summed E-state index contributed by atoms with van der Waals surface area (Å²) in [7, 11) is 1.63. The van der Waals surface area contributed by atoms with E-state index in [0.717, 1.165) is 72.7 Å². The van der Waals surface area contributed by atoms with Gasteiger partial charge in [0.1, 0.15) is 24.6 Å². The number of morpholine rings is 1. The number of aromatic nitrogens is 2. The zero-order valence-electron chi connectivity index (χ0n) is 23.3. The van der Waals surface area contributed by atoms with Crippen LogP contribution in [0.2, 0.25) is 0 Å². The van der Waals surface area contributed by atoms with E-state index in [4.69, 9.17) is 19.0 Å². The van der Waals surface area contributed by atoms with Crippen LogP contribution in [0.4, 0.5) is 15.9 Å². The lowest BCUT2D eigenvalue weighted by Gasteiger charge is -2.26. The number of hydrogen-bond acceptors (Lipinski definition) is 9. The molecule has 0 spiro atoms. The van der Waals surface area contributed by atoms with E-state index in [9.17, 15) is 4.39 Å². The highest BCUT2D eigenvalue weighted by molar-refractivity contribution is 5.99.